The molecule has 0 bridgehead atoms. The van der Waals surface area contributed by atoms with Crippen molar-refractivity contribution in [2.45, 2.75) is 89.3 Å². The molecule has 3 aliphatic rings. The molecule has 1 atom stereocenters. The van der Waals surface area contributed by atoms with Gasteiger partial charge in [0, 0.05) is 49.3 Å². The first-order chi connectivity index (χ1) is 21.0. The van der Waals surface area contributed by atoms with Gasteiger partial charge in [-0.1, -0.05) is 11.3 Å². The van der Waals surface area contributed by atoms with Crippen molar-refractivity contribution in [3.05, 3.63) is 47.5 Å². The Morgan fingerprint density at radius 3 is 2.70 bits per heavy atom. The van der Waals surface area contributed by atoms with Gasteiger partial charge in [-0.2, -0.15) is 10.5 Å². The summed E-state index contributed by atoms with van der Waals surface area (Å²) in [6.07, 6.45) is 11.1. The van der Waals surface area contributed by atoms with Gasteiger partial charge in [0.05, 0.1) is 23.8 Å². The van der Waals surface area contributed by atoms with Gasteiger partial charge >= 0.3 is 0 Å². The molecule has 2 saturated carbocycles. The zero-order chi connectivity index (χ0) is 29.7. The summed E-state index contributed by atoms with van der Waals surface area (Å²) < 4.78 is 11.7. The second kappa shape index (κ2) is 13.0. The Balaban J connectivity index is 0.994. The molecule has 1 aliphatic heterocycles. The van der Waals surface area contributed by atoms with E-state index in [0.717, 1.165) is 73.3 Å². The molecule has 11 heteroatoms. The van der Waals surface area contributed by atoms with Crippen molar-refractivity contribution in [2.75, 3.05) is 31.7 Å². The van der Waals surface area contributed by atoms with E-state index in [0.29, 0.717) is 44.1 Å². The molecule has 3 fully saturated rings. The summed E-state index contributed by atoms with van der Waals surface area (Å²) in [5, 5.41) is 31.5. The van der Waals surface area contributed by atoms with Crippen LogP contribution in [0.1, 0.15) is 75.4 Å². The molecule has 4 heterocycles. The Morgan fingerprint density at radius 2 is 1.98 bits per heavy atom. The highest BCUT2D eigenvalue weighted by Crippen LogP contribution is 2.47. The molecule has 2 aliphatic carbocycles. The summed E-state index contributed by atoms with van der Waals surface area (Å²) >= 11 is 0. The minimum atomic E-state index is -0.397. The number of rotatable bonds is 12. The lowest BCUT2D eigenvalue weighted by Crippen LogP contribution is -2.42. The first-order valence-corrected chi connectivity index (χ1v) is 15.8. The first-order valence-electron chi connectivity index (χ1n) is 15.8. The fraction of sp³-hybridized carbons (Fsp3) is 0.625. The number of hydrogen-bond donors (Lipinski definition) is 3. The number of aryl methyl sites for hydroxylation is 1. The minimum Gasteiger partial charge on any atom is -0.381 e. The number of H-pyrrole nitrogens is 1. The number of pyridine rings is 2. The van der Waals surface area contributed by atoms with Crippen molar-refractivity contribution in [3.63, 3.8) is 0 Å². The molecule has 0 aromatic carbocycles. The molecule has 1 saturated heterocycles. The highest BCUT2D eigenvalue weighted by molar-refractivity contribution is 5.65. The summed E-state index contributed by atoms with van der Waals surface area (Å²) in [6, 6.07) is 11.6. The number of nitrogens with one attached hydrogen (secondary N) is 3. The number of nitriles is 1. The summed E-state index contributed by atoms with van der Waals surface area (Å²) in [5.74, 6) is 2.10. The van der Waals surface area contributed by atoms with Crippen LogP contribution in [0.25, 0.3) is 11.3 Å². The van der Waals surface area contributed by atoms with E-state index < -0.39 is 5.41 Å². The zero-order valence-electron chi connectivity index (χ0n) is 25.3. The Labute approximate surface area is 253 Å². The van der Waals surface area contributed by atoms with Gasteiger partial charge in [0.25, 0.3) is 0 Å². The van der Waals surface area contributed by atoms with Gasteiger partial charge in [-0.25, -0.2) is 4.98 Å². The lowest BCUT2D eigenvalue weighted by atomic mass is 9.82. The predicted octanol–water partition coefficient (Wildman–Crippen LogP) is 4.48. The topological polar surface area (TPSA) is 147 Å². The third-order valence-corrected chi connectivity index (χ3v) is 9.41. The van der Waals surface area contributed by atoms with Gasteiger partial charge in [-0.05, 0) is 101 Å². The van der Waals surface area contributed by atoms with Crippen LogP contribution in [0.3, 0.4) is 0 Å². The van der Waals surface area contributed by atoms with E-state index in [4.69, 9.17) is 19.4 Å². The monoisotopic (exact) mass is 585 g/mol. The van der Waals surface area contributed by atoms with Crippen LogP contribution in [0.4, 0.5) is 5.82 Å². The fourth-order valence-electron chi connectivity index (χ4n) is 6.45. The van der Waals surface area contributed by atoms with Crippen molar-refractivity contribution in [3.8, 4) is 17.3 Å². The van der Waals surface area contributed by atoms with Gasteiger partial charge in [0.15, 0.2) is 0 Å². The third-order valence-electron chi connectivity index (χ3n) is 9.41. The van der Waals surface area contributed by atoms with Crippen molar-refractivity contribution in [2.24, 2.45) is 11.3 Å². The molecule has 6 rings (SSSR count). The Morgan fingerprint density at radius 1 is 1.16 bits per heavy atom. The number of tetrazole rings is 1. The largest absolute Gasteiger partial charge is 0.381 e. The maximum atomic E-state index is 9.80. The molecule has 0 amide bonds. The van der Waals surface area contributed by atoms with Gasteiger partial charge in [-0.15, -0.1) is 10.2 Å². The van der Waals surface area contributed by atoms with Crippen LogP contribution in [-0.2, 0) is 21.5 Å². The van der Waals surface area contributed by atoms with E-state index in [1.165, 1.54) is 12.8 Å². The van der Waals surface area contributed by atoms with Crippen molar-refractivity contribution >= 4 is 5.82 Å². The molecule has 0 unspecified atom stereocenters. The van der Waals surface area contributed by atoms with Gasteiger partial charge < -0.3 is 20.1 Å². The van der Waals surface area contributed by atoms with E-state index in [1.54, 1.807) is 0 Å². The molecule has 3 N–H and O–H groups in total. The maximum absolute atomic E-state index is 9.80. The SMILES string of the molecule is Cc1cnc(CC2CCC(N[C@@H](C)COC3(c4nn[nH]n4)CC3)CC2)cc1-c1cccc(NCC2(C#N)CCOCC2)n1. The predicted molar refractivity (Wildman–Crippen MR) is 162 cm³/mol. The average molecular weight is 586 g/mol. The van der Waals surface area contributed by atoms with Crippen LogP contribution in [0.5, 0.6) is 0 Å². The van der Waals surface area contributed by atoms with Gasteiger partial charge in [0.2, 0.25) is 5.82 Å². The van der Waals surface area contributed by atoms with Crippen LogP contribution in [-0.4, -0.2) is 69.0 Å². The van der Waals surface area contributed by atoms with E-state index in [2.05, 4.69) is 63.3 Å². The summed E-state index contributed by atoms with van der Waals surface area (Å²) in [4.78, 5) is 9.72. The standard InChI is InChI=1S/C32H43N9O2/c1-22-18-34-26(17-27(22)28-4-3-5-29(37-28)35-21-31(20-33)12-14-42-15-13-31)16-24-6-8-25(9-7-24)36-23(2)19-43-32(10-11-32)30-38-40-41-39-30/h3-5,17-18,23-25,36H,6-16,19,21H2,1-2H3,(H,35,37)(H,38,39,40,41)/t23-,24?,25?/m0/s1. The number of ether oxygens (including phenoxy) is 2. The molecule has 11 nitrogen and oxygen atoms in total. The molecule has 3 aromatic rings. The van der Waals surface area contributed by atoms with E-state index >= 15 is 0 Å². The lowest BCUT2D eigenvalue weighted by molar-refractivity contribution is 0.0102. The lowest BCUT2D eigenvalue weighted by Gasteiger charge is -2.31. The van der Waals surface area contributed by atoms with Crippen LogP contribution in [0.2, 0.25) is 0 Å². The number of hydrogen-bond acceptors (Lipinski definition) is 10. The minimum absolute atomic E-state index is 0.270. The summed E-state index contributed by atoms with van der Waals surface area (Å²) in [5.41, 5.74) is 3.56. The van der Waals surface area contributed by atoms with Crippen molar-refractivity contribution in [1.29, 1.82) is 5.26 Å². The highest BCUT2D eigenvalue weighted by atomic mass is 16.5. The molecular weight excluding hydrogens is 542 g/mol. The maximum Gasteiger partial charge on any atom is 0.206 e. The van der Waals surface area contributed by atoms with E-state index in [9.17, 15) is 5.26 Å². The smallest absolute Gasteiger partial charge is 0.206 e. The zero-order valence-corrected chi connectivity index (χ0v) is 25.3. The molecule has 43 heavy (non-hydrogen) atoms. The van der Waals surface area contributed by atoms with Gasteiger partial charge in [-0.3, -0.25) is 4.98 Å². The number of nitrogens with zero attached hydrogens (tertiary/aromatic N) is 6. The van der Waals surface area contributed by atoms with Crippen molar-refractivity contribution in [1.82, 2.24) is 35.9 Å². The average Bonchev–Trinajstić information content (AvgIpc) is 3.62. The second-order valence-corrected chi connectivity index (χ2v) is 12.8. The van der Waals surface area contributed by atoms with Crippen LogP contribution >= 0.6 is 0 Å². The highest BCUT2D eigenvalue weighted by Gasteiger charge is 2.50. The molecule has 0 spiro atoms. The second-order valence-electron chi connectivity index (χ2n) is 12.8. The quantitative estimate of drug-likeness (QED) is 0.278. The third kappa shape index (κ3) is 7.20. The molecular formula is C32H43N9O2. The fourth-order valence-corrected chi connectivity index (χ4v) is 6.45. The van der Waals surface area contributed by atoms with Crippen LogP contribution in [0, 0.1) is 29.6 Å². The summed E-state index contributed by atoms with van der Waals surface area (Å²) in [7, 11) is 0. The number of aromatic amines is 1. The van der Waals surface area contributed by atoms with Gasteiger partial charge in [0.1, 0.15) is 11.4 Å². The molecule has 0 radical (unpaired) electrons. The van der Waals surface area contributed by atoms with E-state index in [-0.39, 0.29) is 11.6 Å². The van der Waals surface area contributed by atoms with Crippen LogP contribution < -0.4 is 10.6 Å². The first kappa shape index (κ1) is 29.6. The normalized spacial score (nSPS) is 23.3. The van der Waals surface area contributed by atoms with Crippen LogP contribution in [0.15, 0.2) is 30.5 Å². The Bertz CT molecular complexity index is 1390. The number of anilines is 1. The molecule has 3 aromatic heterocycles. The summed E-state index contributed by atoms with van der Waals surface area (Å²) in [6.45, 7) is 6.78. The molecule has 228 valence electrons. The number of aromatic nitrogens is 6. The Kier molecular flexibility index (Phi) is 8.98. The Hall–Kier alpha value is -3.46. The van der Waals surface area contributed by atoms with E-state index in [1.807, 2.05) is 18.3 Å². The van der Waals surface area contributed by atoms with Crippen molar-refractivity contribution < 1.29 is 9.47 Å².